The van der Waals surface area contributed by atoms with Gasteiger partial charge in [-0.2, -0.15) is 4.98 Å². The lowest BCUT2D eigenvalue weighted by molar-refractivity contribution is 0.636. The first-order valence-electron chi connectivity index (χ1n) is 4.49. The topological polar surface area (TPSA) is 29.0 Å². The summed E-state index contributed by atoms with van der Waals surface area (Å²) in [5, 5.41) is 0.866. The van der Waals surface area contributed by atoms with E-state index in [9.17, 15) is 4.39 Å². The number of nitrogens with zero attached hydrogens (tertiary/aromatic N) is 3. The Kier molecular flexibility index (Phi) is 2.86. The van der Waals surface area contributed by atoms with Gasteiger partial charge < -0.3 is 4.90 Å². The highest BCUT2D eigenvalue weighted by Gasteiger charge is 2.14. The van der Waals surface area contributed by atoms with Gasteiger partial charge in [0.2, 0.25) is 5.28 Å². The second kappa shape index (κ2) is 4.03. The number of hydrogen-bond acceptors (Lipinski definition) is 3. The van der Waals surface area contributed by atoms with Crippen LogP contribution in [-0.2, 0) is 0 Å². The van der Waals surface area contributed by atoms with Crippen molar-refractivity contribution in [3.63, 3.8) is 0 Å². The highest BCUT2D eigenvalue weighted by atomic mass is 35.5. The van der Waals surface area contributed by atoms with Crippen molar-refractivity contribution in [2.75, 3.05) is 19.0 Å². The van der Waals surface area contributed by atoms with E-state index in [1.807, 2.05) is 0 Å². The molecule has 0 bridgehead atoms. The Labute approximate surface area is 102 Å². The molecule has 2 aromatic rings. The van der Waals surface area contributed by atoms with E-state index < -0.39 is 5.82 Å². The summed E-state index contributed by atoms with van der Waals surface area (Å²) in [6.45, 7) is 0. The molecule has 6 heteroatoms. The Morgan fingerprint density at radius 3 is 2.50 bits per heavy atom. The van der Waals surface area contributed by atoms with Crippen molar-refractivity contribution in [3.05, 3.63) is 28.3 Å². The number of hydrogen-bond donors (Lipinski definition) is 0. The second-order valence-corrected chi connectivity index (χ2v) is 4.21. The van der Waals surface area contributed by atoms with Gasteiger partial charge in [0.05, 0.1) is 10.4 Å². The van der Waals surface area contributed by atoms with Crippen LogP contribution in [0.4, 0.5) is 10.2 Å². The summed E-state index contributed by atoms with van der Waals surface area (Å²) in [5.41, 5.74) is 0.135. The highest BCUT2D eigenvalue weighted by Crippen LogP contribution is 2.31. The molecule has 0 aliphatic rings. The fourth-order valence-corrected chi connectivity index (χ4v) is 1.85. The molecule has 16 heavy (non-hydrogen) atoms. The molecule has 0 amide bonds. The van der Waals surface area contributed by atoms with Gasteiger partial charge in [0, 0.05) is 14.1 Å². The van der Waals surface area contributed by atoms with Crippen LogP contribution in [0.15, 0.2) is 12.1 Å². The molecule has 0 atom stereocenters. The summed E-state index contributed by atoms with van der Waals surface area (Å²) in [4.78, 5) is 9.59. The van der Waals surface area contributed by atoms with Gasteiger partial charge in [-0.15, -0.1) is 0 Å². The molecule has 0 spiro atoms. The van der Waals surface area contributed by atoms with Crippen molar-refractivity contribution in [1.29, 1.82) is 0 Å². The molecule has 0 fully saturated rings. The monoisotopic (exact) mass is 259 g/mol. The summed E-state index contributed by atoms with van der Waals surface area (Å²) in [7, 11) is 3.55. The van der Waals surface area contributed by atoms with E-state index in [1.54, 1.807) is 19.0 Å². The number of aromatic nitrogens is 2. The lowest BCUT2D eigenvalue weighted by Gasteiger charge is -2.15. The third-order valence-corrected chi connectivity index (χ3v) is 2.61. The van der Waals surface area contributed by atoms with E-state index in [0.717, 1.165) is 0 Å². The Morgan fingerprint density at radius 1 is 1.19 bits per heavy atom. The van der Waals surface area contributed by atoms with Crippen molar-refractivity contribution in [2.24, 2.45) is 0 Å². The first-order chi connectivity index (χ1) is 7.50. The predicted molar refractivity (Wildman–Crippen MR) is 63.8 cm³/mol. The minimum atomic E-state index is -0.466. The van der Waals surface area contributed by atoms with Gasteiger partial charge in [0.1, 0.15) is 17.2 Å². The van der Waals surface area contributed by atoms with Crippen LogP contribution in [0.5, 0.6) is 0 Å². The third kappa shape index (κ3) is 1.79. The van der Waals surface area contributed by atoms with Crippen molar-refractivity contribution < 1.29 is 4.39 Å². The van der Waals surface area contributed by atoms with Crippen molar-refractivity contribution in [1.82, 2.24) is 9.97 Å². The van der Waals surface area contributed by atoms with Crippen LogP contribution in [0.25, 0.3) is 10.9 Å². The Hall–Kier alpha value is -1.13. The quantitative estimate of drug-likeness (QED) is 0.737. The summed E-state index contributed by atoms with van der Waals surface area (Å²) in [6.07, 6.45) is 0. The molecule has 0 saturated carbocycles. The molecule has 0 N–H and O–H groups in total. The summed E-state index contributed by atoms with van der Waals surface area (Å²) in [6, 6.07) is 2.73. The fourth-order valence-electron chi connectivity index (χ4n) is 1.45. The maximum absolute atomic E-state index is 13.6. The van der Waals surface area contributed by atoms with E-state index in [4.69, 9.17) is 23.2 Å². The molecule has 0 unspecified atom stereocenters. The largest absolute Gasteiger partial charge is 0.362 e. The van der Waals surface area contributed by atoms with Crippen LogP contribution in [0.1, 0.15) is 0 Å². The molecule has 0 saturated heterocycles. The zero-order valence-electron chi connectivity index (χ0n) is 8.63. The Morgan fingerprint density at radius 2 is 1.88 bits per heavy atom. The maximum Gasteiger partial charge on any atom is 0.225 e. The van der Waals surface area contributed by atoms with Crippen LogP contribution in [-0.4, -0.2) is 24.1 Å². The van der Waals surface area contributed by atoms with E-state index >= 15 is 0 Å². The lowest BCUT2D eigenvalue weighted by Crippen LogP contribution is -2.12. The van der Waals surface area contributed by atoms with Gasteiger partial charge in [-0.1, -0.05) is 11.6 Å². The molecule has 1 aromatic carbocycles. The van der Waals surface area contributed by atoms with E-state index in [-0.39, 0.29) is 10.8 Å². The maximum atomic E-state index is 13.6. The van der Waals surface area contributed by atoms with Gasteiger partial charge in [-0.3, -0.25) is 0 Å². The predicted octanol–water partition coefficient (Wildman–Crippen LogP) is 3.14. The number of rotatable bonds is 1. The van der Waals surface area contributed by atoms with E-state index in [1.165, 1.54) is 12.1 Å². The van der Waals surface area contributed by atoms with Gasteiger partial charge in [-0.05, 0) is 23.7 Å². The number of fused-ring (bicyclic) bond motifs is 1. The number of anilines is 1. The van der Waals surface area contributed by atoms with E-state index in [2.05, 4.69) is 9.97 Å². The minimum absolute atomic E-state index is 0.00244. The Bertz CT molecular complexity index is 557. The summed E-state index contributed by atoms with van der Waals surface area (Å²) >= 11 is 11.7. The van der Waals surface area contributed by atoms with Crippen molar-refractivity contribution in [3.8, 4) is 0 Å². The average molecular weight is 260 g/mol. The van der Waals surface area contributed by atoms with Gasteiger partial charge in [0.15, 0.2) is 0 Å². The fraction of sp³-hybridized carbons (Fsp3) is 0.200. The van der Waals surface area contributed by atoms with Crippen molar-refractivity contribution in [2.45, 2.75) is 0 Å². The Balaban J connectivity index is 2.95. The zero-order valence-corrected chi connectivity index (χ0v) is 10.1. The molecule has 0 aliphatic carbocycles. The van der Waals surface area contributed by atoms with Gasteiger partial charge in [-0.25, -0.2) is 9.37 Å². The normalized spacial score (nSPS) is 10.8. The minimum Gasteiger partial charge on any atom is -0.362 e. The van der Waals surface area contributed by atoms with Gasteiger partial charge in [0.25, 0.3) is 0 Å². The van der Waals surface area contributed by atoms with Crippen LogP contribution >= 0.6 is 23.2 Å². The highest BCUT2D eigenvalue weighted by molar-refractivity contribution is 6.36. The van der Waals surface area contributed by atoms with Crippen LogP contribution in [0.3, 0.4) is 0 Å². The molecule has 3 nitrogen and oxygen atoms in total. The summed E-state index contributed by atoms with van der Waals surface area (Å²) in [5.74, 6) is 0.0336. The van der Waals surface area contributed by atoms with Crippen molar-refractivity contribution >= 4 is 39.9 Å². The molecule has 0 aliphatic heterocycles. The lowest BCUT2D eigenvalue weighted by atomic mass is 10.2. The SMILES string of the molecule is CN(C)c1nc(Cl)nc2c(F)ccc(Cl)c12. The number of benzene rings is 1. The first kappa shape index (κ1) is 11.4. The first-order valence-corrected chi connectivity index (χ1v) is 5.25. The molecule has 0 radical (unpaired) electrons. The van der Waals surface area contributed by atoms with E-state index in [0.29, 0.717) is 16.2 Å². The zero-order chi connectivity index (χ0) is 11.9. The third-order valence-electron chi connectivity index (χ3n) is 2.13. The molecular weight excluding hydrogens is 252 g/mol. The average Bonchev–Trinajstić information content (AvgIpc) is 2.22. The summed E-state index contributed by atoms with van der Waals surface area (Å²) < 4.78 is 13.6. The standard InChI is InChI=1S/C10H8Cl2FN3/c1-16(2)9-7-5(11)3-4-6(13)8(7)14-10(12)15-9/h3-4H,1-2H3. The molecule has 1 aromatic heterocycles. The molecular formula is C10H8Cl2FN3. The number of halogens is 3. The molecule has 84 valence electrons. The van der Waals surface area contributed by atoms with Crippen LogP contribution < -0.4 is 4.90 Å². The van der Waals surface area contributed by atoms with Crippen LogP contribution in [0.2, 0.25) is 10.3 Å². The molecule has 1 heterocycles. The molecule has 2 rings (SSSR count). The second-order valence-electron chi connectivity index (χ2n) is 3.46. The van der Waals surface area contributed by atoms with Crippen LogP contribution in [0, 0.1) is 5.82 Å². The van der Waals surface area contributed by atoms with Gasteiger partial charge >= 0.3 is 0 Å². The smallest absolute Gasteiger partial charge is 0.225 e.